The summed E-state index contributed by atoms with van der Waals surface area (Å²) in [4.78, 5) is 11.9. The van der Waals surface area contributed by atoms with Crippen molar-refractivity contribution in [2.75, 3.05) is 13.7 Å². The molecular weight excluding hydrogens is 206 g/mol. The maximum Gasteiger partial charge on any atom is 0.330 e. The third kappa shape index (κ3) is 1.65. The first kappa shape index (κ1) is 11.0. The molecule has 86 valence electrons. The third-order valence-electron chi connectivity index (χ3n) is 3.05. The lowest BCUT2D eigenvalue weighted by atomic mass is 9.88. The van der Waals surface area contributed by atoms with E-state index in [4.69, 9.17) is 4.74 Å². The number of carbonyl (C=O) groups is 1. The van der Waals surface area contributed by atoms with Gasteiger partial charge in [-0.05, 0) is 37.1 Å². The Bertz CT molecular complexity index is 380. The lowest BCUT2D eigenvalue weighted by Crippen LogP contribution is -2.45. The number of benzene rings is 1. The van der Waals surface area contributed by atoms with E-state index in [2.05, 4.69) is 5.32 Å². The lowest BCUT2D eigenvalue weighted by molar-refractivity contribution is -0.148. The molecule has 1 aliphatic rings. The molecule has 0 radical (unpaired) electrons. The van der Waals surface area contributed by atoms with Crippen molar-refractivity contribution in [3.05, 3.63) is 29.8 Å². The van der Waals surface area contributed by atoms with Gasteiger partial charge >= 0.3 is 5.97 Å². The Morgan fingerprint density at radius 1 is 1.44 bits per heavy atom. The van der Waals surface area contributed by atoms with E-state index in [1.54, 1.807) is 24.3 Å². The fourth-order valence-corrected chi connectivity index (χ4v) is 2.20. The molecule has 0 aliphatic carbocycles. The van der Waals surface area contributed by atoms with Crippen LogP contribution in [0, 0.1) is 0 Å². The van der Waals surface area contributed by atoms with E-state index in [-0.39, 0.29) is 11.7 Å². The maximum atomic E-state index is 11.9. The Labute approximate surface area is 94.2 Å². The number of phenolic OH excluding ortho intramolecular Hbond substituents is 1. The number of phenols is 1. The van der Waals surface area contributed by atoms with E-state index in [1.807, 2.05) is 0 Å². The molecule has 2 rings (SSSR count). The average molecular weight is 221 g/mol. The second-order valence-electron chi connectivity index (χ2n) is 3.97. The molecule has 0 amide bonds. The Morgan fingerprint density at radius 3 is 2.62 bits per heavy atom. The number of nitrogens with one attached hydrogen (secondary N) is 1. The Kier molecular flexibility index (Phi) is 2.83. The Morgan fingerprint density at radius 2 is 2.12 bits per heavy atom. The van der Waals surface area contributed by atoms with Crippen molar-refractivity contribution in [2.24, 2.45) is 0 Å². The van der Waals surface area contributed by atoms with Gasteiger partial charge in [0.25, 0.3) is 0 Å². The number of ether oxygens (including phenoxy) is 1. The van der Waals surface area contributed by atoms with Crippen LogP contribution >= 0.6 is 0 Å². The van der Waals surface area contributed by atoms with Crippen molar-refractivity contribution in [1.82, 2.24) is 5.32 Å². The van der Waals surface area contributed by atoms with Crippen LogP contribution in [0.3, 0.4) is 0 Å². The summed E-state index contributed by atoms with van der Waals surface area (Å²) in [6.45, 7) is 0.802. The van der Waals surface area contributed by atoms with Gasteiger partial charge in [0.2, 0.25) is 0 Å². The minimum Gasteiger partial charge on any atom is -0.508 e. The van der Waals surface area contributed by atoms with Crippen molar-refractivity contribution in [1.29, 1.82) is 0 Å². The molecule has 1 aliphatic heterocycles. The van der Waals surface area contributed by atoms with E-state index in [0.29, 0.717) is 0 Å². The molecule has 1 unspecified atom stereocenters. The molecule has 0 spiro atoms. The zero-order valence-corrected chi connectivity index (χ0v) is 9.19. The van der Waals surface area contributed by atoms with Gasteiger partial charge in [-0.1, -0.05) is 12.1 Å². The van der Waals surface area contributed by atoms with Crippen LogP contribution in [-0.2, 0) is 15.1 Å². The van der Waals surface area contributed by atoms with Gasteiger partial charge in [0, 0.05) is 0 Å². The molecule has 0 aromatic heterocycles. The summed E-state index contributed by atoms with van der Waals surface area (Å²) in [5.74, 6) is -0.0718. The highest BCUT2D eigenvalue weighted by atomic mass is 16.5. The van der Waals surface area contributed by atoms with Crippen molar-refractivity contribution in [3.63, 3.8) is 0 Å². The average Bonchev–Trinajstić information content (AvgIpc) is 2.79. The van der Waals surface area contributed by atoms with E-state index in [1.165, 1.54) is 7.11 Å². The van der Waals surface area contributed by atoms with Gasteiger partial charge < -0.3 is 9.84 Å². The van der Waals surface area contributed by atoms with Gasteiger partial charge in [-0.3, -0.25) is 5.32 Å². The first-order chi connectivity index (χ1) is 7.69. The molecule has 0 bridgehead atoms. The third-order valence-corrected chi connectivity index (χ3v) is 3.05. The molecule has 1 heterocycles. The van der Waals surface area contributed by atoms with Crippen molar-refractivity contribution >= 4 is 5.97 Å². The van der Waals surface area contributed by atoms with Crippen LogP contribution < -0.4 is 5.32 Å². The lowest BCUT2D eigenvalue weighted by Gasteiger charge is -2.26. The van der Waals surface area contributed by atoms with Crippen molar-refractivity contribution < 1.29 is 14.6 Å². The summed E-state index contributed by atoms with van der Waals surface area (Å²) in [7, 11) is 1.39. The van der Waals surface area contributed by atoms with Crippen LogP contribution in [-0.4, -0.2) is 24.7 Å². The van der Waals surface area contributed by atoms with Gasteiger partial charge in [0.15, 0.2) is 0 Å². The molecule has 4 heteroatoms. The molecule has 2 N–H and O–H groups in total. The second-order valence-corrected chi connectivity index (χ2v) is 3.97. The summed E-state index contributed by atoms with van der Waals surface area (Å²) in [6.07, 6.45) is 1.67. The van der Waals surface area contributed by atoms with Gasteiger partial charge in [0.05, 0.1) is 7.11 Å². The van der Waals surface area contributed by atoms with Crippen LogP contribution in [0.15, 0.2) is 24.3 Å². The van der Waals surface area contributed by atoms with Crippen LogP contribution in [0.1, 0.15) is 18.4 Å². The summed E-state index contributed by atoms with van der Waals surface area (Å²) in [5.41, 5.74) is 0.109. The number of aromatic hydroxyl groups is 1. The molecule has 1 fully saturated rings. The summed E-state index contributed by atoms with van der Waals surface area (Å²) >= 11 is 0. The van der Waals surface area contributed by atoms with E-state index >= 15 is 0 Å². The summed E-state index contributed by atoms with van der Waals surface area (Å²) < 4.78 is 4.86. The molecular formula is C12H15NO3. The standard InChI is InChI=1S/C12H15NO3/c1-16-11(15)12(7-2-8-13-12)9-3-5-10(14)6-4-9/h3-6,13-14H,2,7-8H2,1H3. The maximum absolute atomic E-state index is 11.9. The van der Waals surface area contributed by atoms with Crippen molar-refractivity contribution in [3.8, 4) is 5.75 Å². The molecule has 0 saturated carbocycles. The van der Waals surface area contributed by atoms with Crippen LogP contribution in [0.2, 0.25) is 0 Å². The summed E-state index contributed by atoms with van der Waals surface area (Å²) in [5, 5.41) is 12.4. The quantitative estimate of drug-likeness (QED) is 0.735. The van der Waals surface area contributed by atoms with Gasteiger partial charge in [-0.25, -0.2) is 4.79 Å². The fourth-order valence-electron chi connectivity index (χ4n) is 2.20. The number of rotatable bonds is 2. The topological polar surface area (TPSA) is 58.6 Å². The molecule has 1 saturated heterocycles. The largest absolute Gasteiger partial charge is 0.508 e. The fraction of sp³-hybridized carbons (Fsp3) is 0.417. The predicted octanol–water partition coefficient (Wildman–Crippen LogP) is 1.14. The number of hydrogen-bond acceptors (Lipinski definition) is 4. The monoisotopic (exact) mass is 221 g/mol. The smallest absolute Gasteiger partial charge is 0.330 e. The number of esters is 1. The number of methoxy groups -OCH3 is 1. The predicted molar refractivity (Wildman–Crippen MR) is 59.0 cm³/mol. The zero-order chi connectivity index (χ0) is 11.6. The summed E-state index contributed by atoms with van der Waals surface area (Å²) in [6, 6.07) is 6.68. The second kappa shape index (κ2) is 4.14. The highest BCUT2D eigenvalue weighted by Crippen LogP contribution is 2.32. The van der Waals surface area contributed by atoms with E-state index in [0.717, 1.165) is 24.9 Å². The Balaban J connectivity index is 2.39. The molecule has 4 nitrogen and oxygen atoms in total. The highest BCUT2D eigenvalue weighted by Gasteiger charge is 2.43. The first-order valence-electron chi connectivity index (χ1n) is 5.32. The van der Waals surface area contributed by atoms with Crippen LogP contribution in [0.5, 0.6) is 5.75 Å². The molecule has 1 aromatic rings. The minimum atomic E-state index is -0.734. The Hall–Kier alpha value is -1.55. The minimum absolute atomic E-state index is 0.196. The highest BCUT2D eigenvalue weighted by molar-refractivity contribution is 5.83. The molecule has 16 heavy (non-hydrogen) atoms. The van der Waals surface area contributed by atoms with Crippen LogP contribution in [0.25, 0.3) is 0 Å². The normalized spacial score (nSPS) is 24.3. The van der Waals surface area contributed by atoms with E-state index < -0.39 is 5.54 Å². The number of carbonyl (C=O) groups excluding carboxylic acids is 1. The first-order valence-corrected chi connectivity index (χ1v) is 5.32. The van der Waals surface area contributed by atoms with Gasteiger partial charge in [-0.2, -0.15) is 0 Å². The SMILES string of the molecule is COC(=O)C1(c2ccc(O)cc2)CCCN1. The zero-order valence-electron chi connectivity index (χ0n) is 9.19. The van der Waals surface area contributed by atoms with E-state index in [9.17, 15) is 9.90 Å². The van der Waals surface area contributed by atoms with Crippen LogP contribution in [0.4, 0.5) is 0 Å². The molecule has 1 atom stereocenters. The number of hydrogen-bond donors (Lipinski definition) is 2. The van der Waals surface area contributed by atoms with Gasteiger partial charge in [-0.15, -0.1) is 0 Å². The van der Waals surface area contributed by atoms with Gasteiger partial charge in [0.1, 0.15) is 11.3 Å². The van der Waals surface area contributed by atoms with Crippen molar-refractivity contribution in [2.45, 2.75) is 18.4 Å². The molecule has 1 aromatic carbocycles.